The minimum Gasteiger partial charge on any atom is -0.363 e. The standard InChI is InChI=1S/C10H16N4S2/c1(7-15-9-11-3-4-12-9)2-8-16-10-13-5-6-14-10/h1-2H,3-8H2,(H,11,12)(H,13,14)/b2-1+. The van der Waals surface area contributed by atoms with Crippen LogP contribution in [0.3, 0.4) is 0 Å². The van der Waals surface area contributed by atoms with Crippen LogP contribution < -0.4 is 10.6 Å². The van der Waals surface area contributed by atoms with Crippen molar-refractivity contribution in [1.29, 1.82) is 0 Å². The van der Waals surface area contributed by atoms with Gasteiger partial charge >= 0.3 is 0 Å². The highest BCUT2D eigenvalue weighted by Gasteiger charge is 2.04. The Morgan fingerprint density at radius 3 is 1.81 bits per heavy atom. The highest BCUT2D eigenvalue weighted by molar-refractivity contribution is 8.14. The van der Waals surface area contributed by atoms with Gasteiger partial charge in [0.1, 0.15) is 0 Å². The van der Waals surface area contributed by atoms with Crippen LogP contribution in [0.25, 0.3) is 0 Å². The third-order valence-corrected chi connectivity index (χ3v) is 3.90. The van der Waals surface area contributed by atoms with Crippen LogP contribution in [0.5, 0.6) is 0 Å². The molecule has 88 valence electrons. The fourth-order valence-corrected chi connectivity index (χ4v) is 2.89. The number of aliphatic imine (C=N–C) groups is 2. The van der Waals surface area contributed by atoms with Crippen molar-refractivity contribution in [3.63, 3.8) is 0 Å². The van der Waals surface area contributed by atoms with Crippen molar-refractivity contribution < 1.29 is 0 Å². The molecule has 0 bridgehead atoms. The van der Waals surface area contributed by atoms with E-state index in [9.17, 15) is 0 Å². The lowest BCUT2D eigenvalue weighted by molar-refractivity contribution is 0.963. The largest absolute Gasteiger partial charge is 0.363 e. The van der Waals surface area contributed by atoms with Gasteiger partial charge in [-0.05, 0) is 0 Å². The van der Waals surface area contributed by atoms with Crippen LogP contribution in [0, 0.1) is 0 Å². The molecule has 0 aromatic carbocycles. The van der Waals surface area contributed by atoms with Crippen LogP contribution in [0.1, 0.15) is 0 Å². The molecule has 2 rings (SSSR count). The molecule has 4 nitrogen and oxygen atoms in total. The number of thioether (sulfide) groups is 2. The second-order valence-corrected chi connectivity index (χ2v) is 5.34. The number of amidine groups is 2. The van der Waals surface area contributed by atoms with Crippen molar-refractivity contribution in [3.8, 4) is 0 Å². The Morgan fingerprint density at radius 2 is 1.44 bits per heavy atom. The zero-order chi connectivity index (χ0) is 11.1. The molecule has 2 heterocycles. The average molecular weight is 256 g/mol. The van der Waals surface area contributed by atoms with E-state index >= 15 is 0 Å². The van der Waals surface area contributed by atoms with E-state index in [-0.39, 0.29) is 0 Å². The summed E-state index contributed by atoms with van der Waals surface area (Å²) in [6, 6.07) is 0. The molecule has 2 aliphatic rings. The average Bonchev–Trinajstić information content (AvgIpc) is 2.96. The molecule has 0 radical (unpaired) electrons. The summed E-state index contributed by atoms with van der Waals surface area (Å²) in [5.41, 5.74) is 0. The van der Waals surface area contributed by atoms with Crippen LogP contribution >= 0.6 is 23.5 Å². The summed E-state index contributed by atoms with van der Waals surface area (Å²) in [6.07, 6.45) is 4.38. The Morgan fingerprint density at radius 1 is 0.938 bits per heavy atom. The highest BCUT2D eigenvalue weighted by Crippen LogP contribution is 2.08. The Kier molecular flexibility index (Phi) is 5.08. The smallest absolute Gasteiger partial charge is 0.156 e. The van der Waals surface area contributed by atoms with E-state index in [4.69, 9.17) is 0 Å². The molecule has 0 fully saturated rings. The van der Waals surface area contributed by atoms with Crippen molar-refractivity contribution in [1.82, 2.24) is 10.6 Å². The summed E-state index contributed by atoms with van der Waals surface area (Å²) < 4.78 is 0. The van der Waals surface area contributed by atoms with E-state index in [0.29, 0.717) is 0 Å². The molecular formula is C10H16N4S2. The van der Waals surface area contributed by atoms with E-state index in [1.807, 2.05) is 0 Å². The first-order chi connectivity index (χ1) is 7.95. The zero-order valence-corrected chi connectivity index (χ0v) is 10.7. The lowest BCUT2D eigenvalue weighted by Gasteiger charge is -1.98. The van der Waals surface area contributed by atoms with Crippen LogP contribution in [-0.4, -0.2) is 48.0 Å². The number of nitrogens with zero attached hydrogens (tertiary/aromatic N) is 2. The predicted octanol–water partition coefficient (Wildman–Crippen LogP) is 0.927. The molecule has 0 spiro atoms. The molecule has 0 aromatic heterocycles. The third-order valence-electron chi connectivity index (χ3n) is 2.09. The number of nitrogens with one attached hydrogen (secondary N) is 2. The Bertz CT molecular complexity index is 282. The summed E-state index contributed by atoms with van der Waals surface area (Å²) >= 11 is 3.53. The molecular weight excluding hydrogens is 240 g/mol. The summed E-state index contributed by atoms with van der Waals surface area (Å²) in [6.45, 7) is 3.83. The Balaban J connectivity index is 1.52. The monoisotopic (exact) mass is 256 g/mol. The fourth-order valence-electron chi connectivity index (χ4n) is 1.34. The normalized spacial score (nSPS) is 19.5. The second-order valence-electron chi connectivity index (χ2n) is 3.32. The van der Waals surface area contributed by atoms with Gasteiger partial charge in [-0.1, -0.05) is 35.7 Å². The van der Waals surface area contributed by atoms with Gasteiger partial charge < -0.3 is 10.6 Å². The van der Waals surface area contributed by atoms with E-state index in [0.717, 1.165) is 48.0 Å². The van der Waals surface area contributed by atoms with Crippen molar-refractivity contribution in [3.05, 3.63) is 12.2 Å². The van der Waals surface area contributed by atoms with Gasteiger partial charge in [-0.3, -0.25) is 9.98 Å². The molecule has 2 aliphatic heterocycles. The van der Waals surface area contributed by atoms with Gasteiger partial charge in [-0.15, -0.1) is 0 Å². The summed E-state index contributed by atoms with van der Waals surface area (Å²) in [5, 5.41) is 8.64. The molecule has 0 saturated carbocycles. The number of hydrogen-bond acceptors (Lipinski definition) is 6. The molecule has 2 N–H and O–H groups in total. The summed E-state index contributed by atoms with van der Waals surface area (Å²) in [5.74, 6) is 1.98. The SMILES string of the molecule is C(=C\CSC1=NCCN1)/CSC1=NCCN1. The van der Waals surface area contributed by atoms with Crippen molar-refractivity contribution in [2.45, 2.75) is 0 Å². The van der Waals surface area contributed by atoms with Crippen molar-refractivity contribution in [2.75, 3.05) is 37.7 Å². The molecule has 16 heavy (non-hydrogen) atoms. The van der Waals surface area contributed by atoms with Gasteiger partial charge in [-0.25, -0.2) is 0 Å². The maximum absolute atomic E-state index is 4.32. The van der Waals surface area contributed by atoms with Crippen molar-refractivity contribution >= 4 is 33.9 Å². The lowest BCUT2D eigenvalue weighted by atomic mass is 10.6. The molecule has 0 amide bonds. The topological polar surface area (TPSA) is 48.8 Å². The van der Waals surface area contributed by atoms with Crippen LogP contribution in [0.4, 0.5) is 0 Å². The van der Waals surface area contributed by atoms with Gasteiger partial charge in [0.2, 0.25) is 0 Å². The van der Waals surface area contributed by atoms with Gasteiger partial charge in [-0.2, -0.15) is 0 Å². The Hall–Kier alpha value is -0.620. The number of rotatable bonds is 4. The predicted molar refractivity (Wildman–Crippen MR) is 74.7 cm³/mol. The van der Waals surface area contributed by atoms with Gasteiger partial charge in [0.15, 0.2) is 10.3 Å². The first-order valence-electron chi connectivity index (χ1n) is 5.42. The number of hydrogen-bond donors (Lipinski definition) is 2. The minimum absolute atomic E-state index is 0.924. The molecule has 0 saturated heterocycles. The second kappa shape index (κ2) is 6.85. The lowest BCUT2D eigenvalue weighted by Crippen LogP contribution is -2.15. The Labute approximate surface area is 104 Å². The van der Waals surface area contributed by atoms with Crippen LogP contribution in [-0.2, 0) is 0 Å². The fraction of sp³-hybridized carbons (Fsp3) is 0.600. The summed E-state index contributed by atoms with van der Waals surface area (Å²) in [4.78, 5) is 8.63. The van der Waals surface area contributed by atoms with E-state index in [1.54, 1.807) is 23.5 Å². The third kappa shape index (κ3) is 4.09. The quantitative estimate of drug-likeness (QED) is 0.735. The highest BCUT2D eigenvalue weighted by atomic mass is 32.2. The van der Waals surface area contributed by atoms with Gasteiger partial charge in [0.05, 0.1) is 13.1 Å². The van der Waals surface area contributed by atoms with E-state index in [2.05, 4.69) is 32.8 Å². The molecule has 0 aromatic rings. The van der Waals surface area contributed by atoms with Gasteiger partial charge in [0.25, 0.3) is 0 Å². The summed E-state index contributed by atoms with van der Waals surface area (Å²) in [7, 11) is 0. The van der Waals surface area contributed by atoms with Crippen molar-refractivity contribution in [2.24, 2.45) is 9.98 Å². The zero-order valence-electron chi connectivity index (χ0n) is 9.11. The maximum Gasteiger partial charge on any atom is 0.156 e. The van der Waals surface area contributed by atoms with Crippen LogP contribution in [0.15, 0.2) is 22.1 Å². The van der Waals surface area contributed by atoms with E-state index in [1.165, 1.54) is 0 Å². The van der Waals surface area contributed by atoms with E-state index < -0.39 is 0 Å². The molecule has 0 aliphatic carbocycles. The molecule has 0 unspecified atom stereocenters. The molecule has 6 heteroatoms. The molecule has 0 atom stereocenters. The van der Waals surface area contributed by atoms with Gasteiger partial charge in [0, 0.05) is 24.6 Å². The first kappa shape index (κ1) is 11.9. The van der Waals surface area contributed by atoms with Crippen LogP contribution in [0.2, 0.25) is 0 Å². The maximum atomic E-state index is 4.32. The first-order valence-corrected chi connectivity index (χ1v) is 7.39. The minimum atomic E-state index is 0.924.